The normalized spacial score (nSPS) is 27.5. The van der Waals surface area contributed by atoms with Crippen LogP contribution in [0.1, 0.15) is 38.5 Å². The lowest BCUT2D eigenvalue weighted by atomic mass is 9.81. The van der Waals surface area contributed by atoms with Crippen molar-refractivity contribution >= 4 is 6.09 Å². The molecule has 1 saturated heterocycles. The molecule has 1 spiro atoms. The Morgan fingerprint density at radius 2 is 1.92 bits per heavy atom. The van der Waals surface area contributed by atoms with Gasteiger partial charge in [0, 0.05) is 20.0 Å². The van der Waals surface area contributed by atoms with Gasteiger partial charge in [-0.3, -0.25) is 0 Å². The molecule has 1 aliphatic carbocycles. The predicted octanol–water partition coefficient (Wildman–Crippen LogP) is 2.16. The Kier molecular flexibility index (Phi) is 2.18. The van der Waals surface area contributed by atoms with E-state index in [2.05, 4.69) is 0 Å². The zero-order valence-corrected chi connectivity index (χ0v) is 8.21. The van der Waals surface area contributed by atoms with E-state index < -0.39 is 0 Å². The van der Waals surface area contributed by atoms with E-state index in [-0.39, 0.29) is 11.7 Å². The molecule has 13 heavy (non-hydrogen) atoms. The van der Waals surface area contributed by atoms with Gasteiger partial charge in [-0.15, -0.1) is 0 Å². The number of nitrogens with zero attached hydrogens (tertiary/aromatic N) is 1. The number of hydrogen-bond acceptors (Lipinski definition) is 2. The highest BCUT2D eigenvalue weighted by Crippen LogP contribution is 2.37. The third-order valence-corrected chi connectivity index (χ3v) is 3.28. The van der Waals surface area contributed by atoms with Crippen LogP contribution in [0.25, 0.3) is 0 Å². The van der Waals surface area contributed by atoms with E-state index in [0.717, 1.165) is 25.8 Å². The molecule has 0 aromatic heterocycles. The summed E-state index contributed by atoms with van der Waals surface area (Å²) in [5.74, 6) is 0. The SMILES string of the molecule is CN1CCC2(CCCCC2)OC1=O. The Morgan fingerprint density at radius 3 is 2.54 bits per heavy atom. The third kappa shape index (κ3) is 1.64. The molecule has 2 rings (SSSR count). The van der Waals surface area contributed by atoms with Gasteiger partial charge in [0.15, 0.2) is 0 Å². The lowest BCUT2D eigenvalue weighted by Crippen LogP contribution is -2.48. The lowest BCUT2D eigenvalue weighted by molar-refractivity contribution is -0.0640. The van der Waals surface area contributed by atoms with Crippen molar-refractivity contribution in [1.29, 1.82) is 0 Å². The monoisotopic (exact) mass is 183 g/mol. The summed E-state index contributed by atoms with van der Waals surface area (Å²) in [5, 5.41) is 0. The van der Waals surface area contributed by atoms with Gasteiger partial charge in [-0.1, -0.05) is 6.42 Å². The first-order valence-corrected chi connectivity index (χ1v) is 5.16. The fraction of sp³-hybridized carbons (Fsp3) is 0.900. The van der Waals surface area contributed by atoms with E-state index in [1.165, 1.54) is 19.3 Å². The summed E-state index contributed by atoms with van der Waals surface area (Å²) in [7, 11) is 1.80. The van der Waals surface area contributed by atoms with Crippen LogP contribution >= 0.6 is 0 Å². The Labute approximate surface area is 79.0 Å². The van der Waals surface area contributed by atoms with Gasteiger partial charge in [-0.25, -0.2) is 4.79 Å². The second kappa shape index (κ2) is 3.20. The molecule has 0 aromatic rings. The Bertz CT molecular complexity index is 209. The van der Waals surface area contributed by atoms with Crippen molar-refractivity contribution < 1.29 is 9.53 Å². The number of ether oxygens (including phenoxy) is 1. The number of carbonyl (C=O) groups is 1. The van der Waals surface area contributed by atoms with Crippen LogP contribution in [0.15, 0.2) is 0 Å². The van der Waals surface area contributed by atoms with Crippen molar-refractivity contribution in [3.05, 3.63) is 0 Å². The fourth-order valence-electron chi connectivity index (χ4n) is 2.33. The van der Waals surface area contributed by atoms with Gasteiger partial charge in [-0.2, -0.15) is 0 Å². The molecule has 1 amide bonds. The first-order chi connectivity index (χ1) is 6.22. The van der Waals surface area contributed by atoms with Crippen molar-refractivity contribution in [2.45, 2.75) is 44.1 Å². The zero-order valence-electron chi connectivity index (χ0n) is 8.21. The molecular weight excluding hydrogens is 166 g/mol. The molecule has 2 aliphatic rings. The third-order valence-electron chi connectivity index (χ3n) is 3.28. The van der Waals surface area contributed by atoms with Crippen LogP contribution < -0.4 is 0 Å². The molecule has 2 fully saturated rings. The molecule has 1 aliphatic heterocycles. The topological polar surface area (TPSA) is 29.5 Å². The van der Waals surface area contributed by atoms with Gasteiger partial charge in [-0.05, 0) is 25.7 Å². The van der Waals surface area contributed by atoms with E-state index in [4.69, 9.17) is 4.74 Å². The minimum absolute atomic E-state index is 0.0815. The van der Waals surface area contributed by atoms with Crippen molar-refractivity contribution in [2.75, 3.05) is 13.6 Å². The van der Waals surface area contributed by atoms with Gasteiger partial charge in [0.05, 0.1) is 0 Å². The maximum Gasteiger partial charge on any atom is 0.410 e. The Morgan fingerprint density at radius 1 is 1.23 bits per heavy atom. The molecule has 0 atom stereocenters. The fourth-order valence-corrected chi connectivity index (χ4v) is 2.33. The number of amides is 1. The molecule has 0 aromatic carbocycles. The second-order valence-corrected chi connectivity index (χ2v) is 4.28. The molecule has 1 saturated carbocycles. The summed E-state index contributed by atoms with van der Waals surface area (Å²) < 4.78 is 5.51. The summed E-state index contributed by atoms with van der Waals surface area (Å²) in [5.41, 5.74) is -0.0815. The Hall–Kier alpha value is -0.730. The van der Waals surface area contributed by atoms with Gasteiger partial charge >= 0.3 is 6.09 Å². The number of carbonyl (C=O) groups excluding carboxylic acids is 1. The van der Waals surface area contributed by atoms with E-state index in [1.54, 1.807) is 11.9 Å². The lowest BCUT2D eigenvalue weighted by Gasteiger charge is -2.42. The first kappa shape index (κ1) is 8.85. The highest BCUT2D eigenvalue weighted by atomic mass is 16.6. The maximum atomic E-state index is 11.4. The molecule has 3 heteroatoms. The number of rotatable bonds is 0. The average Bonchev–Trinajstić information content (AvgIpc) is 2.14. The van der Waals surface area contributed by atoms with E-state index >= 15 is 0 Å². The first-order valence-electron chi connectivity index (χ1n) is 5.16. The van der Waals surface area contributed by atoms with Crippen molar-refractivity contribution in [2.24, 2.45) is 0 Å². The van der Waals surface area contributed by atoms with Gasteiger partial charge in [0.2, 0.25) is 0 Å². The van der Waals surface area contributed by atoms with Gasteiger partial charge < -0.3 is 9.64 Å². The second-order valence-electron chi connectivity index (χ2n) is 4.28. The maximum absolute atomic E-state index is 11.4. The number of hydrogen-bond donors (Lipinski definition) is 0. The average molecular weight is 183 g/mol. The molecular formula is C10H17NO2. The van der Waals surface area contributed by atoms with Crippen molar-refractivity contribution in [3.8, 4) is 0 Å². The Balaban J connectivity index is 2.03. The van der Waals surface area contributed by atoms with Gasteiger partial charge in [0.25, 0.3) is 0 Å². The van der Waals surface area contributed by atoms with Crippen molar-refractivity contribution in [3.63, 3.8) is 0 Å². The molecule has 0 N–H and O–H groups in total. The standard InChI is InChI=1S/C10H17NO2/c1-11-8-7-10(13-9(11)12)5-3-2-4-6-10/h2-8H2,1H3. The minimum Gasteiger partial charge on any atom is -0.443 e. The molecule has 0 bridgehead atoms. The smallest absolute Gasteiger partial charge is 0.410 e. The summed E-state index contributed by atoms with van der Waals surface area (Å²) in [4.78, 5) is 13.0. The quantitative estimate of drug-likeness (QED) is 0.576. The molecule has 1 heterocycles. The van der Waals surface area contributed by atoms with Crippen LogP contribution in [-0.4, -0.2) is 30.2 Å². The van der Waals surface area contributed by atoms with Crippen molar-refractivity contribution in [1.82, 2.24) is 4.90 Å². The summed E-state index contributed by atoms with van der Waals surface area (Å²) in [6.07, 6.45) is 6.78. The van der Waals surface area contributed by atoms with E-state index in [1.807, 2.05) is 0 Å². The molecule has 3 nitrogen and oxygen atoms in total. The van der Waals surface area contributed by atoms with E-state index in [9.17, 15) is 4.79 Å². The van der Waals surface area contributed by atoms with Crippen LogP contribution in [0.3, 0.4) is 0 Å². The highest BCUT2D eigenvalue weighted by Gasteiger charge is 2.40. The minimum atomic E-state index is -0.131. The molecule has 74 valence electrons. The van der Waals surface area contributed by atoms with E-state index in [0.29, 0.717) is 0 Å². The molecule has 0 radical (unpaired) electrons. The van der Waals surface area contributed by atoms with Crippen LogP contribution in [0.2, 0.25) is 0 Å². The van der Waals surface area contributed by atoms with Crippen LogP contribution in [-0.2, 0) is 4.74 Å². The van der Waals surface area contributed by atoms with Crippen LogP contribution in [0.4, 0.5) is 4.79 Å². The zero-order chi connectivity index (χ0) is 9.31. The van der Waals surface area contributed by atoms with Gasteiger partial charge in [0.1, 0.15) is 5.60 Å². The highest BCUT2D eigenvalue weighted by molar-refractivity contribution is 5.68. The largest absolute Gasteiger partial charge is 0.443 e. The predicted molar refractivity (Wildman–Crippen MR) is 49.5 cm³/mol. The summed E-state index contributed by atoms with van der Waals surface area (Å²) >= 11 is 0. The van der Waals surface area contributed by atoms with Crippen LogP contribution in [0.5, 0.6) is 0 Å². The molecule has 0 unspecified atom stereocenters. The summed E-state index contributed by atoms with van der Waals surface area (Å²) in [6.45, 7) is 0.860. The van der Waals surface area contributed by atoms with Crippen LogP contribution in [0, 0.1) is 0 Å². The summed E-state index contributed by atoms with van der Waals surface area (Å²) in [6, 6.07) is 0.